The molecule has 0 atom stereocenters. The maximum atomic E-state index is 6.22. The van der Waals surface area contributed by atoms with E-state index < -0.39 is 0 Å². The average molecular weight is 300 g/mol. The topological polar surface area (TPSA) is 35.2 Å². The number of hydrogen-bond donors (Lipinski definition) is 1. The molecule has 0 aromatic heterocycles. The number of rotatable bonds is 3. The smallest absolute Gasteiger partial charge is 0.135 e. The van der Waals surface area contributed by atoms with Gasteiger partial charge in [-0.1, -0.05) is 41.6 Å². The van der Waals surface area contributed by atoms with Crippen molar-refractivity contribution < 1.29 is 4.74 Å². The van der Waals surface area contributed by atoms with E-state index in [1.165, 1.54) is 0 Å². The molecule has 2 rings (SSSR count). The lowest BCUT2D eigenvalue weighted by Crippen LogP contribution is -1.99. The maximum Gasteiger partial charge on any atom is 0.135 e. The zero-order valence-electron chi connectivity index (χ0n) is 12.2. The molecule has 2 aromatic rings. The first kappa shape index (κ1) is 15.4. The van der Waals surface area contributed by atoms with Crippen molar-refractivity contribution in [3.63, 3.8) is 0 Å². The third-order valence-corrected chi connectivity index (χ3v) is 3.40. The van der Waals surface area contributed by atoms with Crippen molar-refractivity contribution in [2.75, 3.05) is 6.54 Å². The number of aryl methyl sites for hydroxylation is 2. The van der Waals surface area contributed by atoms with E-state index >= 15 is 0 Å². The van der Waals surface area contributed by atoms with E-state index in [1.54, 1.807) is 0 Å². The van der Waals surface area contributed by atoms with E-state index in [9.17, 15) is 0 Å². The van der Waals surface area contributed by atoms with Crippen molar-refractivity contribution in [3.05, 3.63) is 63.7 Å². The summed E-state index contributed by atoms with van der Waals surface area (Å²) in [6.45, 7) is 4.78. The highest BCUT2D eigenvalue weighted by Gasteiger charge is 2.05. The fraction of sp³-hybridized carbons (Fsp3) is 0.222. The number of ether oxygens (including phenoxy) is 1. The van der Waals surface area contributed by atoms with Crippen LogP contribution >= 0.6 is 11.6 Å². The molecule has 2 aromatic carbocycles. The molecule has 0 aliphatic carbocycles. The van der Waals surface area contributed by atoms with Crippen molar-refractivity contribution in [3.8, 4) is 17.6 Å². The van der Waals surface area contributed by atoms with Crippen molar-refractivity contribution in [2.45, 2.75) is 20.5 Å². The van der Waals surface area contributed by atoms with Crippen LogP contribution in [0.25, 0.3) is 0 Å². The largest absolute Gasteiger partial charge is 0.488 e. The Labute approximate surface area is 130 Å². The van der Waals surface area contributed by atoms with Crippen LogP contribution in [0.3, 0.4) is 0 Å². The molecular weight excluding hydrogens is 282 g/mol. The molecule has 3 heteroatoms. The second kappa shape index (κ2) is 7.17. The Morgan fingerprint density at radius 3 is 2.52 bits per heavy atom. The highest BCUT2D eigenvalue weighted by molar-refractivity contribution is 6.31. The number of halogens is 1. The van der Waals surface area contributed by atoms with Gasteiger partial charge in [-0.25, -0.2) is 0 Å². The summed E-state index contributed by atoms with van der Waals surface area (Å²) in [5, 5.41) is 0.719. The standard InChI is InChI=1S/C18H18ClNO/c1-13-6-8-18(15(10-13)4-3-9-20)21-12-16-7-5-14(2)11-17(16)19/h5-8,10-11H,9,12,20H2,1-2H3. The minimum absolute atomic E-state index is 0.331. The van der Waals surface area contributed by atoms with E-state index in [0.29, 0.717) is 13.2 Å². The van der Waals surface area contributed by atoms with Crippen molar-refractivity contribution >= 4 is 11.6 Å². The Hall–Kier alpha value is -1.95. The van der Waals surface area contributed by atoms with Crippen LogP contribution in [0.5, 0.6) is 5.75 Å². The molecule has 0 bridgehead atoms. The average Bonchev–Trinajstić information content (AvgIpc) is 2.45. The predicted octanol–water partition coefficient (Wildman–Crippen LogP) is 3.85. The van der Waals surface area contributed by atoms with Crippen LogP contribution in [0.15, 0.2) is 36.4 Å². The highest BCUT2D eigenvalue weighted by atomic mass is 35.5. The lowest BCUT2D eigenvalue weighted by atomic mass is 10.1. The zero-order valence-corrected chi connectivity index (χ0v) is 13.0. The molecule has 0 amide bonds. The minimum Gasteiger partial charge on any atom is -0.488 e. The zero-order chi connectivity index (χ0) is 15.2. The van der Waals surface area contributed by atoms with Gasteiger partial charge in [0, 0.05) is 10.6 Å². The van der Waals surface area contributed by atoms with E-state index in [0.717, 1.165) is 33.0 Å². The Balaban J connectivity index is 2.19. The van der Waals surface area contributed by atoms with E-state index in [4.69, 9.17) is 22.1 Å². The Kier molecular flexibility index (Phi) is 5.27. The summed E-state index contributed by atoms with van der Waals surface area (Å²) in [4.78, 5) is 0. The number of hydrogen-bond acceptors (Lipinski definition) is 2. The van der Waals surface area contributed by atoms with Crippen LogP contribution in [0.1, 0.15) is 22.3 Å². The Morgan fingerprint density at radius 1 is 1.10 bits per heavy atom. The molecule has 0 fully saturated rings. The first-order valence-electron chi connectivity index (χ1n) is 6.77. The number of nitrogens with two attached hydrogens (primary N) is 1. The normalized spacial score (nSPS) is 9.90. The Bertz CT molecular complexity index is 698. The highest BCUT2D eigenvalue weighted by Crippen LogP contribution is 2.23. The van der Waals surface area contributed by atoms with E-state index in [-0.39, 0.29) is 0 Å². The Morgan fingerprint density at radius 2 is 1.81 bits per heavy atom. The number of benzene rings is 2. The molecule has 0 unspecified atom stereocenters. The summed E-state index contributed by atoms with van der Waals surface area (Å²) in [7, 11) is 0. The monoisotopic (exact) mass is 299 g/mol. The van der Waals surface area contributed by atoms with Crippen LogP contribution in [0, 0.1) is 25.7 Å². The van der Waals surface area contributed by atoms with Crippen LogP contribution in [0.4, 0.5) is 0 Å². The summed E-state index contributed by atoms with van der Waals surface area (Å²) in [5.74, 6) is 6.65. The van der Waals surface area contributed by atoms with Crippen LogP contribution < -0.4 is 10.5 Å². The van der Waals surface area contributed by atoms with Gasteiger partial charge in [-0.3, -0.25) is 0 Å². The van der Waals surface area contributed by atoms with Crippen molar-refractivity contribution in [1.82, 2.24) is 0 Å². The van der Waals surface area contributed by atoms with Crippen LogP contribution in [-0.2, 0) is 6.61 Å². The summed E-state index contributed by atoms with van der Waals surface area (Å²) >= 11 is 6.22. The fourth-order valence-corrected chi connectivity index (χ4v) is 2.23. The van der Waals surface area contributed by atoms with E-state index in [2.05, 4.69) is 11.8 Å². The van der Waals surface area contributed by atoms with Gasteiger partial charge in [-0.2, -0.15) is 0 Å². The molecular formula is C18H18ClNO. The lowest BCUT2D eigenvalue weighted by Gasteiger charge is -2.10. The molecule has 0 spiro atoms. The second-order valence-corrected chi connectivity index (χ2v) is 5.30. The van der Waals surface area contributed by atoms with E-state index in [1.807, 2.05) is 50.2 Å². The molecule has 108 valence electrons. The lowest BCUT2D eigenvalue weighted by molar-refractivity contribution is 0.305. The van der Waals surface area contributed by atoms with Crippen LogP contribution in [-0.4, -0.2) is 6.54 Å². The molecule has 0 saturated carbocycles. The van der Waals surface area contributed by atoms with Crippen LogP contribution in [0.2, 0.25) is 5.02 Å². The van der Waals surface area contributed by atoms with Gasteiger partial charge in [0.05, 0.1) is 12.1 Å². The summed E-state index contributed by atoms with van der Waals surface area (Å²) in [6.07, 6.45) is 0. The first-order valence-corrected chi connectivity index (χ1v) is 7.15. The van der Waals surface area contributed by atoms with Gasteiger partial charge in [0.25, 0.3) is 0 Å². The summed E-state index contributed by atoms with van der Waals surface area (Å²) in [6, 6.07) is 11.9. The maximum absolute atomic E-state index is 6.22. The van der Waals surface area contributed by atoms with Crippen molar-refractivity contribution in [2.24, 2.45) is 5.73 Å². The molecule has 2 nitrogen and oxygen atoms in total. The van der Waals surface area contributed by atoms with Gasteiger partial charge in [-0.15, -0.1) is 0 Å². The van der Waals surface area contributed by atoms with Gasteiger partial charge in [-0.05, 0) is 43.2 Å². The molecule has 0 saturated heterocycles. The second-order valence-electron chi connectivity index (χ2n) is 4.89. The van der Waals surface area contributed by atoms with Gasteiger partial charge in [0.1, 0.15) is 12.4 Å². The third kappa shape index (κ3) is 4.26. The summed E-state index contributed by atoms with van der Waals surface area (Å²) < 4.78 is 5.87. The quantitative estimate of drug-likeness (QED) is 0.874. The first-order chi connectivity index (χ1) is 10.1. The molecule has 0 radical (unpaired) electrons. The van der Waals surface area contributed by atoms with Gasteiger partial charge >= 0.3 is 0 Å². The minimum atomic E-state index is 0.331. The molecule has 0 aliphatic rings. The van der Waals surface area contributed by atoms with Gasteiger partial charge in [0.15, 0.2) is 0 Å². The van der Waals surface area contributed by atoms with Gasteiger partial charge < -0.3 is 10.5 Å². The fourth-order valence-electron chi connectivity index (χ4n) is 1.94. The molecule has 2 N–H and O–H groups in total. The van der Waals surface area contributed by atoms with Gasteiger partial charge in [0.2, 0.25) is 0 Å². The third-order valence-electron chi connectivity index (χ3n) is 3.05. The molecule has 0 heterocycles. The summed E-state index contributed by atoms with van der Waals surface area (Å²) in [5.41, 5.74) is 9.51. The molecule has 0 aliphatic heterocycles. The molecule has 21 heavy (non-hydrogen) atoms. The predicted molar refractivity (Wildman–Crippen MR) is 87.6 cm³/mol. The SMILES string of the molecule is Cc1ccc(COc2ccc(C)cc2C#CCN)c(Cl)c1. The van der Waals surface area contributed by atoms with Crippen molar-refractivity contribution in [1.29, 1.82) is 0 Å².